The predicted octanol–water partition coefficient (Wildman–Crippen LogP) is 0.513. The first kappa shape index (κ1) is 15.4. The van der Waals surface area contributed by atoms with Crippen LogP contribution in [0.5, 0.6) is 0 Å². The molecule has 0 aliphatic carbocycles. The summed E-state index contributed by atoms with van der Waals surface area (Å²) in [5, 5.41) is 12.0. The van der Waals surface area contributed by atoms with Crippen molar-refractivity contribution in [3.05, 3.63) is 23.5 Å². The largest absolute Gasteiger partial charge is 0.395 e. The molecule has 0 saturated carbocycles. The number of aromatic nitrogens is 1. The molecule has 1 rings (SSSR count). The fraction of sp³-hybridized carbons (Fsp3) is 0.538. The van der Waals surface area contributed by atoms with Crippen molar-refractivity contribution in [1.29, 1.82) is 0 Å². The Morgan fingerprint density at radius 1 is 1.53 bits per heavy atom. The summed E-state index contributed by atoms with van der Waals surface area (Å²) < 4.78 is 4.97. The van der Waals surface area contributed by atoms with Crippen LogP contribution in [-0.4, -0.2) is 61.4 Å². The lowest BCUT2D eigenvalue weighted by Gasteiger charge is -2.22. The Hall–Kier alpha value is -1.66. The minimum Gasteiger partial charge on any atom is -0.395 e. The molecule has 0 saturated heterocycles. The second kappa shape index (κ2) is 7.70. The summed E-state index contributed by atoms with van der Waals surface area (Å²) in [5.41, 5.74) is 2.07. The lowest BCUT2D eigenvalue weighted by Crippen LogP contribution is -2.36. The highest BCUT2D eigenvalue weighted by Crippen LogP contribution is 2.17. The minimum atomic E-state index is -0.164. The molecule has 0 aliphatic heterocycles. The van der Waals surface area contributed by atoms with Gasteiger partial charge in [-0.05, 0) is 13.0 Å². The van der Waals surface area contributed by atoms with E-state index in [0.29, 0.717) is 18.7 Å². The summed E-state index contributed by atoms with van der Waals surface area (Å²) in [7, 11) is 3.34. The number of aliphatic hydroxyl groups is 1. The van der Waals surface area contributed by atoms with Crippen LogP contribution < -0.4 is 5.32 Å². The van der Waals surface area contributed by atoms with Gasteiger partial charge >= 0.3 is 0 Å². The van der Waals surface area contributed by atoms with Crippen molar-refractivity contribution in [3.8, 4) is 0 Å². The molecule has 19 heavy (non-hydrogen) atoms. The molecular weight excluding hydrogens is 246 g/mol. The Kier molecular flexibility index (Phi) is 6.24. The van der Waals surface area contributed by atoms with Gasteiger partial charge in [0, 0.05) is 39.1 Å². The van der Waals surface area contributed by atoms with Gasteiger partial charge in [0.2, 0.25) is 0 Å². The molecule has 0 aliphatic rings. The first-order chi connectivity index (χ1) is 9.13. The van der Waals surface area contributed by atoms with Gasteiger partial charge in [0.05, 0.1) is 24.5 Å². The molecule has 0 bridgehead atoms. The van der Waals surface area contributed by atoms with Crippen LogP contribution in [0.2, 0.25) is 0 Å². The predicted molar refractivity (Wildman–Crippen MR) is 73.4 cm³/mol. The maximum Gasteiger partial charge on any atom is 0.257 e. The smallest absolute Gasteiger partial charge is 0.257 e. The Balaban J connectivity index is 2.94. The Labute approximate surface area is 113 Å². The van der Waals surface area contributed by atoms with E-state index in [9.17, 15) is 4.79 Å². The van der Waals surface area contributed by atoms with E-state index in [-0.39, 0.29) is 19.1 Å². The normalized spacial score (nSPS) is 10.3. The van der Waals surface area contributed by atoms with E-state index in [1.54, 1.807) is 25.3 Å². The Morgan fingerprint density at radius 2 is 2.26 bits per heavy atom. The summed E-state index contributed by atoms with van der Waals surface area (Å²) in [5.74, 6) is -0.164. The average molecular weight is 267 g/mol. The van der Waals surface area contributed by atoms with Crippen LogP contribution in [-0.2, 0) is 4.74 Å². The van der Waals surface area contributed by atoms with E-state index in [1.807, 2.05) is 13.0 Å². The number of amides is 1. The van der Waals surface area contributed by atoms with Crippen molar-refractivity contribution in [1.82, 2.24) is 9.88 Å². The second-order valence-corrected chi connectivity index (χ2v) is 4.13. The Morgan fingerprint density at radius 3 is 2.84 bits per heavy atom. The zero-order valence-corrected chi connectivity index (χ0v) is 11.6. The molecule has 1 heterocycles. The third-order valence-corrected chi connectivity index (χ3v) is 2.76. The van der Waals surface area contributed by atoms with Crippen LogP contribution in [0.3, 0.4) is 0 Å². The number of pyridine rings is 1. The number of ether oxygens (including phenoxy) is 1. The number of hydrogen-bond donors (Lipinski definition) is 2. The number of aliphatic hydroxyl groups excluding tert-OH is 1. The summed E-state index contributed by atoms with van der Waals surface area (Å²) in [4.78, 5) is 18.1. The highest BCUT2D eigenvalue weighted by molar-refractivity contribution is 5.99. The second-order valence-electron chi connectivity index (χ2n) is 4.13. The monoisotopic (exact) mass is 267 g/mol. The topological polar surface area (TPSA) is 74.7 Å². The van der Waals surface area contributed by atoms with Gasteiger partial charge in [-0.25, -0.2) is 0 Å². The average Bonchev–Trinajstić information content (AvgIpc) is 2.42. The van der Waals surface area contributed by atoms with Gasteiger partial charge in [-0.3, -0.25) is 9.78 Å². The number of aryl methyl sites for hydroxylation is 1. The maximum atomic E-state index is 12.4. The van der Waals surface area contributed by atoms with Crippen LogP contribution >= 0.6 is 0 Å². The number of carbonyl (C=O) groups excluding carboxylic acids is 1. The summed E-state index contributed by atoms with van der Waals surface area (Å²) >= 11 is 0. The minimum absolute atomic E-state index is 0.0797. The van der Waals surface area contributed by atoms with E-state index in [2.05, 4.69) is 10.3 Å². The van der Waals surface area contributed by atoms with Gasteiger partial charge in [0.25, 0.3) is 5.91 Å². The molecule has 1 amide bonds. The lowest BCUT2D eigenvalue weighted by molar-refractivity contribution is 0.0657. The molecule has 1 aromatic rings. The van der Waals surface area contributed by atoms with Crippen molar-refractivity contribution >= 4 is 11.6 Å². The van der Waals surface area contributed by atoms with E-state index in [1.165, 1.54) is 0 Å². The van der Waals surface area contributed by atoms with E-state index < -0.39 is 0 Å². The molecule has 2 N–H and O–H groups in total. The number of hydrogen-bond acceptors (Lipinski definition) is 5. The molecule has 0 unspecified atom stereocenters. The molecule has 0 aromatic carbocycles. The van der Waals surface area contributed by atoms with Crippen LogP contribution in [0.4, 0.5) is 5.69 Å². The third kappa shape index (κ3) is 4.18. The molecular formula is C13H21N3O3. The van der Waals surface area contributed by atoms with Gasteiger partial charge in [-0.15, -0.1) is 0 Å². The zero-order chi connectivity index (χ0) is 14.3. The van der Waals surface area contributed by atoms with Gasteiger partial charge in [-0.1, -0.05) is 0 Å². The standard InChI is InChI=1S/C13H21N3O3/c1-10-8-12(14-2)11(9-15-10)13(18)16(4-6-17)5-7-19-3/h8-9,17H,4-7H2,1-3H3,(H,14,15). The number of nitrogens with zero attached hydrogens (tertiary/aromatic N) is 2. The summed E-state index contributed by atoms with van der Waals surface area (Å²) in [6.45, 7) is 2.93. The lowest BCUT2D eigenvalue weighted by atomic mass is 10.2. The van der Waals surface area contributed by atoms with E-state index >= 15 is 0 Å². The molecule has 6 heteroatoms. The van der Waals surface area contributed by atoms with Gasteiger partial charge in [0.1, 0.15) is 0 Å². The fourth-order valence-electron chi connectivity index (χ4n) is 1.74. The molecule has 0 spiro atoms. The van der Waals surface area contributed by atoms with Crippen molar-refractivity contribution in [3.63, 3.8) is 0 Å². The van der Waals surface area contributed by atoms with E-state index in [0.717, 1.165) is 11.4 Å². The molecule has 0 radical (unpaired) electrons. The number of carbonyl (C=O) groups is 1. The van der Waals surface area contributed by atoms with Crippen molar-refractivity contribution in [2.45, 2.75) is 6.92 Å². The number of methoxy groups -OCH3 is 1. The molecule has 0 atom stereocenters. The van der Waals surface area contributed by atoms with Gasteiger partial charge < -0.3 is 20.1 Å². The SMILES string of the molecule is CNc1cc(C)ncc1C(=O)N(CCO)CCOC. The molecule has 0 fully saturated rings. The van der Waals surface area contributed by atoms with Crippen LogP contribution in [0.15, 0.2) is 12.3 Å². The quantitative estimate of drug-likeness (QED) is 0.753. The first-order valence-electron chi connectivity index (χ1n) is 6.17. The molecule has 1 aromatic heterocycles. The van der Waals surface area contributed by atoms with Crippen molar-refractivity contribution in [2.75, 3.05) is 45.8 Å². The van der Waals surface area contributed by atoms with Crippen LogP contribution in [0.1, 0.15) is 16.1 Å². The van der Waals surface area contributed by atoms with Crippen LogP contribution in [0.25, 0.3) is 0 Å². The highest BCUT2D eigenvalue weighted by Gasteiger charge is 2.18. The summed E-state index contributed by atoms with van der Waals surface area (Å²) in [6.07, 6.45) is 1.56. The number of anilines is 1. The fourth-order valence-corrected chi connectivity index (χ4v) is 1.74. The third-order valence-electron chi connectivity index (χ3n) is 2.76. The highest BCUT2D eigenvalue weighted by atomic mass is 16.5. The van der Waals surface area contributed by atoms with Gasteiger partial charge in [-0.2, -0.15) is 0 Å². The molecule has 106 valence electrons. The van der Waals surface area contributed by atoms with E-state index in [4.69, 9.17) is 9.84 Å². The summed E-state index contributed by atoms with van der Waals surface area (Å²) in [6, 6.07) is 1.82. The maximum absolute atomic E-state index is 12.4. The first-order valence-corrected chi connectivity index (χ1v) is 6.17. The zero-order valence-electron chi connectivity index (χ0n) is 11.6. The van der Waals surface area contributed by atoms with Crippen LogP contribution in [0, 0.1) is 6.92 Å². The Bertz CT molecular complexity index is 424. The number of rotatable bonds is 7. The molecule has 6 nitrogen and oxygen atoms in total. The number of nitrogens with one attached hydrogen (secondary N) is 1. The van der Waals surface area contributed by atoms with Crippen molar-refractivity contribution < 1.29 is 14.6 Å². The van der Waals surface area contributed by atoms with Gasteiger partial charge in [0.15, 0.2) is 0 Å². The van der Waals surface area contributed by atoms with Crippen molar-refractivity contribution in [2.24, 2.45) is 0 Å².